The summed E-state index contributed by atoms with van der Waals surface area (Å²) in [6.07, 6.45) is -2.22. The number of nitrogens with one attached hydrogen (secondary N) is 2. The lowest BCUT2D eigenvalue weighted by Gasteiger charge is -2.16. The van der Waals surface area contributed by atoms with Crippen LogP contribution in [0, 0.1) is 0 Å². The number of alkyl carbamates (subject to hydrolysis) is 1. The van der Waals surface area contributed by atoms with Crippen LogP contribution in [0.3, 0.4) is 0 Å². The summed E-state index contributed by atoms with van der Waals surface area (Å²) in [4.78, 5) is 35.8. The number of carboxylic acid groups (broad SMARTS) is 1. The second-order valence-corrected chi connectivity index (χ2v) is 9.02. The Hall–Kier alpha value is -3.69. The van der Waals surface area contributed by atoms with Crippen LogP contribution in [0.25, 0.3) is 11.1 Å². The Morgan fingerprint density at radius 2 is 1.60 bits per heavy atom. The molecule has 1 aliphatic rings. The maximum Gasteiger partial charge on any atom is 0.407 e. The maximum atomic E-state index is 12.2. The molecular weight excluding hydrogens is 516 g/mol. The minimum absolute atomic E-state index is 0.0843. The fourth-order valence-corrected chi connectivity index (χ4v) is 4.50. The number of carbonyl (C=O) groups is 3. The zero-order valence-corrected chi connectivity index (χ0v) is 20.1. The van der Waals surface area contributed by atoms with Gasteiger partial charge in [0.25, 0.3) is 0 Å². The molecule has 2 amide bonds. The number of aliphatic hydroxyl groups excluding tert-OH is 1. The molecule has 9 heteroatoms. The number of hydrogen-bond acceptors (Lipinski definition) is 5. The highest BCUT2D eigenvalue weighted by molar-refractivity contribution is 9.10. The van der Waals surface area contributed by atoms with E-state index in [4.69, 9.17) is 4.74 Å². The summed E-state index contributed by atoms with van der Waals surface area (Å²) in [5, 5.41) is 24.4. The van der Waals surface area contributed by atoms with Gasteiger partial charge in [0.1, 0.15) is 6.61 Å². The van der Waals surface area contributed by atoms with E-state index in [9.17, 15) is 24.6 Å². The van der Waals surface area contributed by atoms with Crippen LogP contribution in [0.15, 0.2) is 71.2 Å². The van der Waals surface area contributed by atoms with Gasteiger partial charge in [0.15, 0.2) is 0 Å². The molecule has 35 heavy (non-hydrogen) atoms. The van der Waals surface area contributed by atoms with E-state index in [1.807, 2.05) is 48.5 Å². The minimum Gasteiger partial charge on any atom is -0.478 e. The van der Waals surface area contributed by atoms with E-state index in [2.05, 4.69) is 26.6 Å². The third-order valence-electron chi connectivity index (χ3n) is 5.73. The van der Waals surface area contributed by atoms with Crippen molar-refractivity contribution < 1.29 is 29.3 Å². The number of amides is 2. The highest BCUT2D eigenvalue weighted by Gasteiger charge is 2.29. The molecule has 1 aliphatic carbocycles. The molecule has 4 N–H and O–H groups in total. The van der Waals surface area contributed by atoms with E-state index in [0.717, 1.165) is 22.3 Å². The van der Waals surface area contributed by atoms with Gasteiger partial charge in [-0.05, 0) is 40.5 Å². The van der Waals surface area contributed by atoms with Gasteiger partial charge in [0, 0.05) is 16.9 Å². The number of fused-ring (bicyclic) bond motifs is 3. The Morgan fingerprint density at radius 3 is 2.23 bits per heavy atom. The molecule has 0 spiro atoms. The molecule has 8 nitrogen and oxygen atoms in total. The molecule has 0 saturated carbocycles. The smallest absolute Gasteiger partial charge is 0.407 e. The normalized spacial score (nSPS) is 12.9. The Kier molecular flexibility index (Phi) is 7.48. The number of benzene rings is 3. The molecular formula is C26H23BrN2O6. The fourth-order valence-electron chi connectivity index (χ4n) is 4.14. The number of hydrogen-bond donors (Lipinski definition) is 4. The summed E-state index contributed by atoms with van der Waals surface area (Å²) in [6, 6.07) is 20.4. The topological polar surface area (TPSA) is 125 Å². The van der Waals surface area contributed by atoms with Crippen LogP contribution in [-0.4, -0.2) is 47.4 Å². The number of carboxylic acids is 1. The van der Waals surface area contributed by atoms with Crippen molar-refractivity contribution in [3.63, 3.8) is 0 Å². The van der Waals surface area contributed by atoms with Gasteiger partial charge in [-0.2, -0.15) is 0 Å². The van der Waals surface area contributed by atoms with E-state index < -0.39 is 24.1 Å². The Balaban J connectivity index is 1.27. The Bertz CT molecular complexity index is 1230. The van der Waals surface area contributed by atoms with Gasteiger partial charge in [0.05, 0.1) is 23.8 Å². The lowest BCUT2D eigenvalue weighted by molar-refractivity contribution is -0.118. The van der Waals surface area contributed by atoms with E-state index >= 15 is 0 Å². The highest BCUT2D eigenvalue weighted by atomic mass is 79.9. The molecule has 0 saturated heterocycles. The molecule has 0 bridgehead atoms. The molecule has 0 aliphatic heterocycles. The second kappa shape index (κ2) is 10.7. The third kappa shape index (κ3) is 5.70. The number of carbonyl (C=O) groups excluding carboxylic acids is 2. The van der Waals surface area contributed by atoms with Crippen molar-refractivity contribution in [1.29, 1.82) is 0 Å². The predicted molar refractivity (Wildman–Crippen MR) is 133 cm³/mol. The average Bonchev–Trinajstić information content (AvgIpc) is 3.16. The quantitative estimate of drug-likeness (QED) is 0.337. The first-order valence-corrected chi connectivity index (χ1v) is 11.7. The molecule has 3 aromatic rings. The summed E-state index contributed by atoms with van der Waals surface area (Å²) in [6.45, 7) is -0.0613. The molecule has 1 unspecified atom stereocenters. The van der Waals surface area contributed by atoms with Crippen LogP contribution in [0.5, 0.6) is 0 Å². The SMILES string of the molecule is O=C(CC(O)CNC(=O)OCC1c2ccccc2-c2ccccc21)Nc1ccc(Br)cc1C(=O)O. The number of aromatic carboxylic acids is 1. The first kappa shape index (κ1) is 24.4. The van der Waals surface area contributed by atoms with Crippen LogP contribution in [0.2, 0.25) is 0 Å². The van der Waals surface area contributed by atoms with Crippen LogP contribution in [0.4, 0.5) is 10.5 Å². The summed E-state index contributed by atoms with van der Waals surface area (Å²) in [5.41, 5.74) is 4.45. The number of rotatable bonds is 8. The summed E-state index contributed by atoms with van der Waals surface area (Å²) < 4.78 is 5.97. The minimum atomic E-state index is -1.20. The molecule has 0 aromatic heterocycles. The number of ether oxygens (including phenoxy) is 1. The average molecular weight is 539 g/mol. The molecule has 3 aromatic carbocycles. The van der Waals surface area contributed by atoms with Crippen LogP contribution in [-0.2, 0) is 9.53 Å². The number of aliphatic hydroxyl groups is 1. The van der Waals surface area contributed by atoms with Gasteiger partial charge in [-0.25, -0.2) is 9.59 Å². The van der Waals surface area contributed by atoms with E-state index in [1.165, 1.54) is 12.1 Å². The number of halogens is 1. The molecule has 1 atom stereocenters. The van der Waals surface area contributed by atoms with E-state index in [-0.39, 0.29) is 36.7 Å². The van der Waals surface area contributed by atoms with Gasteiger partial charge in [-0.1, -0.05) is 64.5 Å². The first-order valence-electron chi connectivity index (χ1n) is 10.9. The second-order valence-electron chi connectivity index (χ2n) is 8.11. The van der Waals surface area contributed by atoms with Crippen molar-refractivity contribution in [2.45, 2.75) is 18.4 Å². The van der Waals surface area contributed by atoms with Crippen LogP contribution < -0.4 is 10.6 Å². The van der Waals surface area contributed by atoms with Gasteiger partial charge in [0.2, 0.25) is 5.91 Å². The lowest BCUT2D eigenvalue weighted by atomic mass is 9.98. The molecule has 0 radical (unpaired) electrons. The number of anilines is 1. The third-order valence-corrected chi connectivity index (χ3v) is 6.23. The maximum absolute atomic E-state index is 12.2. The molecule has 0 fully saturated rings. The van der Waals surface area contributed by atoms with Crippen molar-refractivity contribution in [2.24, 2.45) is 0 Å². The first-order chi connectivity index (χ1) is 16.8. The summed E-state index contributed by atoms with van der Waals surface area (Å²) in [5.74, 6) is -1.87. The van der Waals surface area contributed by atoms with Gasteiger partial charge < -0.3 is 25.6 Å². The van der Waals surface area contributed by atoms with Gasteiger partial charge in [-0.3, -0.25) is 4.79 Å². The van der Waals surface area contributed by atoms with Crippen LogP contribution in [0.1, 0.15) is 33.8 Å². The Morgan fingerprint density at radius 1 is 0.971 bits per heavy atom. The molecule has 0 heterocycles. The van der Waals surface area contributed by atoms with Crippen molar-refractivity contribution in [3.8, 4) is 11.1 Å². The van der Waals surface area contributed by atoms with Crippen molar-refractivity contribution in [1.82, 2.24) is 5.32 Å². The van der Waals surface area contributed by atoms with Gasteiger partial charge >= 0.3 is 12.1 Å². The zero-order chi connectivity index (χ0) is 24.9. The summed E-state index contributed by atoms with van der Waals surface area (Å²) >= 11 is 3.19. The van der Waals surface area contributed by atoms with Crippen molar-refractivity contribution in [3.05, 3.63) is 87.9 Å². The Labute approximate surface area is 210 Å². The summed E-state index contributed by atoms with van der Waals surface area (Å²) in [7, 11) is 0. The van der Waals surface area contributed by atoms with Crippen molar-refractivity contribution >= 4 is 39.6 Å². The highest BCUT2D eigenvalue weighted by Crippen LogP contribution is 2.44. The lowest BCUT2D eigenvalue weighted by Crippen LogP contribution is -2.35. The van der Waals surface area contributed by atoms with Gasteiger partial charge in [-0.15, -0.1) is 0 Å². The van der Waals surface area contributed by atoms with E-state index in [1.54, 1.807) is 6.07 Å². The van der Waals surface area contributed by atoms with Crippen molar-refractivity contribution in [2.75, 3.05) is 18.5 Å². The monoisotopic (exact) mass is 538 g/mol. The molecule has 180 valence electrons. The van der Waals surface area contributed by atoms with Crippen LogP contribution >= 0.6 is 15.9 Å². The standard InChI is InChI=1S/C26H23BrN2O6/c27-15-9-10-23(21(11-15)25(32)33)29-24(31)12-16(30)13-28-26(34)35-14-22-19-7-3-1-5-17(19)18-6-2-4-8-20(18)22/h1-11,16,22,30H,12-14H2,(H,28,34)(H,29,31)(H,32,33). The zero-order valence-electron chi connectivity index (χ0n) is 18.5. The fraction of sp³-hybridized carbons (Fsp3) is 0.192. The predicted octanol–water partition coefficient (Wildman–Crippen LogP) is 4.38. The largest absolute Gasteiger partial charge is 0.478 e. The molecule has 4 rings (SSSR count). The van der Waals surface area contributed by atoms with E-state index in [0.29, 0.717) is 4.47 Å².